The Balaban J connectivity index is 1.52. The molecule has 0 saturated carbocycles. The number of para-hydroxylation sites is 1. The zero-order valence-electron chi connectivity index (χ0n) is 12.9. The summed E-state index contributed by atoms with van der Waals surface area (Å²) in [6.07, 6.45) is 2.91. The Morgan fingerprint density at radius 1 is 1.16 bits per heavy atom. The maximum absolute atomic E-state index is 13.1. The first kappa shape index (κ1) is 15.5. The number of halogens is 1. The SMILES string of the molecule is O=C(OCc1nc2ccccc2s1)c1cncn1-c1ccc(F)cc1. The number of ether oxygens (including phenoxy) is 1. The summed E-state index contributed by atoms with van der Waals surface area (Å²) in [4.78, 5) is 20.8. The lowest BCUT2D eigenvalue weighted by molar-refractivity contribution is 0.0463. The van der Waals surface area contributed by atoms with Crippen LogP contribution in [-0.2, 0) is 11.3 Å². The van der Waals surface area contributed by atoms with E-state index in [1.165, 1.54) is 36.0 Å². The molecule has 0 saturated heterocycles. The van der Waals surface area contributed by atoms with Crippen LogP contribution in [0.2, 0.25) is 0 Å². The van der Waals surface area contributed by atoms with Crippen LogP contribution in [0, 0.1) is 5.82 Å². The maximum atomic E-state index is 13.1. The molecule has 0 atom stereocenters. The number of carbonyl (C=O) groups excluding carboxylic acids is 1. The highest BCUT2D eigenvalue weighted by Gasteiger charge is 2.16. The number of benzene rings is 2. The largest absolute Gasteiger partial charge is 0.454 e. The number of fused-ring (bicyclic) bond motifs is 1. The predicted molar refractivity (Wildman–Crippen MR) is 92.3 cm³/mol. The second-order valence-corrected chi connectivity index (χ2v) is 6.39. The van der Waals surface area contributed by atoms with E-state index in [0.29, 0.717) is 5.69 Å². The molecule has 4 rings (SSSR count). The molecule has 0 fully saturated rings. The normalized spacial score (nSPS) is 10.9. The summed E-state index contributed by atoms with van der Waals surface area (Å²) in [7, 11) is 0. The van der Waals surface area contributed by atoms with Crippen LogP contribution in [0.4, 0.5) is 4.39 Å². The van der Waals surface area contributed by atoms with Crippen LogP contribution in [0.1, 0.15) is 15.5 Å². The fraction of sp³-hybridized carbons (Fsp3) is 0.0556. The summed E-state index contributed by atoms with van der Waals surface area (Å²) < 4.78 is 21.0. The Hall–Kier alpha value is -3.06. The van der Waals surface area contributed by atoms with Gasteiger partial charge >= 0.3 is 5.97 Å². The molecule has 0 amide bonds. The first-order valence-electron chi connectivity index (χ1n) is 7.50. The predicted octanol–water partition coefficient (Wildman–Crippen LogP) is 3.98. The Bertz CT molecular complexity index is 1010. The van der Waals surface area contributed by atoms with Gasteiger partial charge in [0, 0.05) is 5.69 Å². The van der Waals surface area contributed by atoms with Gasteiger partial charge in [-0.05, 0) is 36.4 Å². The van der Waals surface area contributed by atoms with Gasteiger partial charge < -0.3 is 4.74 Å². The van der Waals surface area contributed by atoms with Crippen molar-refractivity contribution in [3.63, 3.8) is 0 Å². The van der Waals surface area contributed by atoms with E-state index in [1.54, 1.807) is 16.7 Å². The Kier molecular flexibility index (Phi) is 3.99. The smallest absolute Gasteiger partial charge is 0.357 e. The molecular weight excluding hydrogens is 341 g/mol. The molecule has 0 aliphatic heterocycles. The quantitative estimate of drug-likeness (QED) is 0.521. The zero-order valence-corrected chi connectivity index (χ0v) is 13.7. The molecule has 124 valence electrons. The van der Waals surface area contributed by atoms with Gasteiger partial charge in [0.15, 0.2) is 5.69 Å². The van der Waals surface area contributed by atoms with E-state index in [1.807, 2.05) is 24.3 Å². The summed E-state index contributed by atoms with van der Waals surface area (Å²) in [5, 5.41) is 0.724. The first-order valence-corrected chi connectivity index (χ1v) is 8.32. The van der Waals surface area contributed by atoms with Crippen LogP contribution in [0.15, 0.2) is 61.1 Å². The van der Waals surface area contributed by atoms with Crippen LogP contribution < -0.4 is 0 Å². The van der Waals surface area contributed by atoms with Gasteiger partial charge in [-0.25, -0.2) is 19.2 Å². The standard InChI is InChI=1S/C18H12FN3O2S/c19-12-5-7-13(8-6-12)22-11-20-9-15(22)18(23)24-10-17-21-14-3-1-2-4-16(14)25-17/h1-9,11H,10H2. The molecular formula is C18H12FN3O2S. The van der Waals surface area contributed by atoms with Crippen molar-refractivity contribution in [1.29, 1.82) is 0 Å². The molecule has 2 aromatic heterocycles. The number of nitrogens with zero attached hydrogens (tertiary/aromatic N) is 3. The molecule has 2 aromatic carbocycles. The van der Waals surface area contributed by atoms with E-state index in [4.69, 9.17) is 4.74 Å². The third-order valence-corrected chi connectivity index (χ3v) is 4.63. The van der Waals surface area contributed by atoms with Gasteiger partial charge in [0.1, 0.15) is 17.4 Å². The van der Waals surface area contributed by atoms with Crippen molar-refractivity contribution in [1.82, 2.24) is 14.5 Å². The summed E-state index contributed by atoms with van der Waals surface area (Å²) in [5.41, 5.74) is 1.79. The average Bonchev–Trinajstić information content (AvgIpc) is 3.27. The van der Waals surface area contributed by atoms with Crippen molar-refractivity contribution in [2.75, 3.05) is 0 Å². The van der Waals surface area contributed by atoms with E-state index >= 15 is 0 Å². The van der Waals surface area contributed by atoms with Gasteiger partial charge in [-0.15, -0.1) is 11.3 Å². The third-order valence-electron chi connectivity index (χ3n) is 3.62. The molecule has 0 radical (unpaired) electrons. The first-order chi connectivity index (χ1) is 12.2. The number of carbonyl (C=O) groups is 1. The molecule has 0 bridgehead atoms. The maximum Gasteiger partial charge on any atom is 0.357 e. The molecule has 4 aromatic rings. The molecule has 7 heteroatoms. The molecule has 5 nitrogen and oxygen atoms in total. The van der Waals surface area contributed by atoms with Crippen LogP contribution in [0.25, 0.3) is 15.9 Å². The monoisotopic (exact) mass is 353 g/mol. The topological polar surface area (TPSA) is 57.0 Å². The Morgan fingerprint density at radius 3 is 2.76 bits per heavy atom. The molecule has 0 N–H and O–H groups in total. The van der Waals surface area contributed by atoms with E-state index in [-0.39, 0.29) is 18.1 Å². The van der Waals surface area contributed by atoms with Crippen molar-refractivity contribution in [3.8, 4) is 5.69 Å². The van der Waals surface area contributed by atoms with E-state index in [2.05, 4.69) is 9.97 Å². The van der Waals surface area contributed by atoms with E-state index in [0.717, 1.165) is 15.2 Å². The summed E-state index contributed by atoms with van der Waals surface area (Å²) in [5.74, 6) is -0.857. The number of aromatic nitrogens is 3. The van der Waals surface area contributed by atoms with Crippen molar-refractivity contribution in [2.24, 2.45) is 0 Å². The summed E-state index contributed by atoms with van der Waals surface area (Å²) >= 11 is 1.49. The van der Waals surface area contributed by atoms with E-state index < -0.39 is 5.97 Å². The summed E-state index contributed by atoms with van der Waals surface area (Å²) in [6, 6.07) is 13.5. The van der Waals surface area contributed by atoms with Gasteiger partial charge in [-0.2, -0.15) is 0 Å². The van der Waals surface area contributed by atoms with Gasteiger partial charge in [-0.1, -0.05) is 12.1 Å². The average molecular weight is 353 g/mol. The lowest BCUT2D eigenvalue weighted by Gasteiger charge is -2.07. The highest BCUT2D eigenvalue weighted by Crippen LogP contribution is 2.22. The second kappa shape index (κ2) is 6.45. The number of imidazole rings is 1. The van der Waals surface area contributed by atoms with Crippen LogP contribution in [-0.4, -0.2) is 20.5 Å². The van der Waals surface area contributed by atoms with Gasteiger partial charge in [0.25, 0.3) is 0 Å². The van der Waals surface area contributed by atoms with Crippen molar-refractivity contribution < 1.29 is 13.9 Å². The molecule has 2 heterocycles. The molecule has 0 aliphatic carbocycles. The molecule has 0 unspecified atom stereocenters. The summed E-state index contributed by atoms with van der Waals surface area (Å²) in [6.45, 7) is 0.0901. The minimum Gasteiger partial charge on any atom is -0.454 e. The minimum absolute atomic E-state index is 0.0901. The number of esters is 1. The van der Waals surface area contributed by atoms with Crippen molar-refractivity contribution in [2.45, 2.75) is 6.61 Å². The van der Waals surface area contributed by atoms with Crippen LogP contribution in [0.5, 0.6) is 0 Å². The highest BCUT2D eigenvalue weighted by molar-refractivity contribution is 7.18. The Labute approximate surface area is 146 Å². The van der Waals surface area contributed by atoms with Crippen molar-refractivity contribution in [3.05, 3.63) is 77.6 Å². The lowest BCUT2D eigenvalue weighted by atomic mass is 10.3. The lowest BCUT2D eigenvalue weighted by Crippen LogP contribution is -2.10. The van der Waals surface area contributed by atoms with Gasteiger partial charge in [-0.3, -0.25) is 4.57 Å². The molecule has 0 spiro atoms. The zero-order chi connectivity index (χ0) is 17.2. The number of hydrogen-bond donors (Lipinski definition) is 0. The third kappa shape index (κ3) is 3.14. The van der Waals surface area contributed by atoms with Gasteiger partial charge in [0.05, 0.1) is 22.7 Å². The van der Waals surface area contributed by atoms with Crippen LogP contribution >= 0.6 is 11.3 Å². The van der Waals surface area contributed by atoms with Crippen molar-refractivity contribution >= 4 is 27.5 Å². The second-order valence-electron chi connectivity index (χ2n) is 5.28. The fourth-order valence-corrected chi connectivity index (χ4v) is 3.32. The molecule has 25 heavy (non-hydrogen) atoms. The minimum atomic E-state index is -0.513. The number of hydrogen-bond acceptors (Lipinski definition) is 5. The molecule has 0 aliphatic rings. The van der Waals surface area contributed by atoms with Gasteiger partial charge in [0.2, 0.25) is 0 Å². The fourth-order valence-electron chi connectivity index (χ4n) is 2.44. The number of thiazole rings is 1. The highest BCUT2D eigenvalue weighted by atomic mass is 32.1. The van der Waals surface area contributed by atoms with E-state index in [9.17, 15) is 9.18 Å². The van der Waals surface area contributed by atoms with Crippen LogP contribution in [0.3, 0.4) is 0 Å². The Morgan fingerprint density at radius 2 is 1.96 bits per heavy atom. The number of rotatable bonds is 4.